The van der Waals surface area contributed by atoms with Gasteiger partial charge in [-0.3, -0.25) is 4.79 Å². The van der Waals surface area contributed by atoms with Crippen LogP contribution in [-0.4, -0.2) is 38.5 Å². The zero-order chi connectivity index (χ0) is 20.6. The summed E-state index contributed by atoms with van der Waals surface area (Å²) < 4.78 is 55.1. The van der Waals surface area contributed by atoms with Gasteiger partial charge in [-0.05, 0) is 43.2 Å². The monoisotopic (exact) mass is 406 g/mol. The van der Waals surface area contributed by atoms with Gasteiger partial charge in [0.05, 0.1) is 11.9 Å². The number of hydrogen-bond donors (Lipinski definition) is 0. The van der Waals surface area contributed by atoms with Gasteiger partial charge >= 0.3 is 6.18 Å². The Balaban J connectivity index is 1.80. The molecule has 9 heteroatoms. The van der Waals surface area contributed by atoms with Crippen LogP contribution in [-0.2, 0) is 6.18 Å². The Hall–Kier alpha value is -2.97. The molecule has 3 aromatic rings. The molecule has 0 unspecified atom stereocenters. The van der Waals surface area contributed by atoms with E-state index < -0.39 is 29.1 Å². The fraction of sp³-hybridized carbons (Fsp3) is 0.350. The number of amides is 1. The molecular formula is C20H18F4N4O. The molecule has 1 aliphatic heterocycles. The first-order valence-electron chi connectivity index (χ1n) is 9.36. The van der Waals surface area contributed by atoms with Crippen LogP contribution in [0.4, 0.5) is 17.6 Å². The standard InChI is InChI=1S/C20H18F4N4O/c21-14-7-5-13(6-8-14)16-11-15(20(22,23)24)18-25-17(12-28(18)26-16)19(29)27-9-3-1-2-4-10-27/h5-8,11-12H,1-4,9-10H2. The van der Waals surface area contributed by atoms with Crippen molar-refractivity contribution in [1.29, 1.82) is 0 Å². The van der Waals surface area contributed by atoms with Gasteiger partial charge in [0.15, 0.2) is 5.65 Å². The second kappa shape index (κ2) is 7.46. The molecule has 1 saturated heterocycles. The van der Waals surface area contributed by atoms with Crippen LogP contribution in [0.1, 0.15) is 41.7 Å². The van der Waals surface area contributed by atoms with Gasteiger partial charge in [-0.1, -0.05) is 12.8 Å². The molecule has 1 fully saturated rings. The zero-order valence-corrected chi connectivity index (χ0v) is 15.4. The highest BCUT2D eigenvalue weighted by molar-refractivity contribution is 5.93. The molecule has 0 spiro atoms. The summed E-state index contributed by atoms with van der Waals surface area (Å²) in [6.07, 6.45) is 0.309. The highest BCUT2D eigenvalue weighted by atomic mass is 19.4. The Morgan fingerprint density at radius 1 is 1.00 bits per heavy atom. The Morgan fingerprint density at radius 3 is 2.28 bits per heavy atom. The van der Waals surface area contributed by atoms with Crippen LogP contribution >= 0.6 is 0 Å². The van der Waals surface area contributed by atoms with Gasteiger partial charge in [0.1, 0.15) is 17.1 Å². The summed E-state index contributed by atoms with van der Waals surface area (Å²) in [6.45, 7) is 1.13. The van der Waals surface area contributed by atoms with E-state index in [0.29, 0.717) is 18.7 Å². The molecule has 3 heterocycles. The van der Waals surface area contributed by atoms with E-state index in [9.17, 15) is 22.4 Å². The number of alkyl halides is 3. The zero-order valence-electron chi connectivity index (χ0n) is 15.4. The Bertz CT molecular complexity index is 1040. The SMILES string of the molecule is O=C(c1cn2nc(-c3ccc(F)cc3)cc(C(F)(F)F)c2n1)N1CCCCCC1. The van der Waals surface area contributed by atoms with Gasteiger partial charge in [0, 0.05) is 18.7 Å². The molecule has 2 aromatic heterocycles. The van der Waals surface area contributed by atoms with Crippen LogP contribution in [0, 0.1) is 5.82 Å². The Morgan fingerprint density at radius 2 is 1.66 bits per heavy atom. The molecule has 1 aliphatic rings. The quantitative estimate of drug-likeness (QED) is 0.586. The number of hydrogen-bond acceptors (Lipinski definition) is 3. The first kappa shape index (κ1) is 19.4. The van der Waals surface area contributed by atoms with Gasteiger partial charge in [-0.25, -0.2) is 13.9 Å². The molecule has 152 valence electrons. The molecule has 0 radical (unpaired) electrons. The second-order valence-electron chi connectivity index (χ2n) is 7.05. The molecule has 29 heavy (non-hydrogen) atoms. The smallest absolute Gasteiger partial charge is 0.337 e. The third-order valence-electron chi connectivity index (χ3n) is 4.98. The summed E-state index contributed by atoms with van der Waals surface area (Å²) in [5, 5.41) is 4.18. The number of rotatable bonds is 2. The van der Waals surface area contributed by atoms with Crippen molar-refractivity contribution in [2.75, 3.05) is 13.1 Å². The summed E-state index contributed by atoms with van der Waals surface area (Å²) >= 11 is 0. The van der Waals surface area contributed by atoms with Crippen molar-refractivity contribution >= 4 is 11.6 Å². The van der Waals surface area contributed by atoms with Crippen LogP contribution in [0.5, 0.6) is 0 Å². The van der Waals surface area contributed by atoms with E-state index >= 15 is 0 Å². The predicted molar refractivity (Wildman–Crippen MR) is 97.8 cm³/mol. The number of nitrogens with zero attached hydrogens (tertiary/aromatic N) is 4. The minimum atomic E-state index is -4.69. The van der Waals surface area contributed by atoms with E-state index in [-0.39, 0.29) is 11.4 Å². The molecule has 4 rings (SSSR count). The van der Waals surface area contributed by atoms with Gasteiger partial charge in [-0.2, -0.15) is 18.3 Å². The van der Waals surface area contributed by atoms with Crippen LogP contribution in [0.15, 0.2) is 36.5 Å². The molecule has 0 N–H and O–H groups in total. The van der Waals surface area contributed by atoms with E-state index in [2.05, 4.69) is 10.1 Å². The number of benzene rings is 1. The minimum Gasteiger partial charge on any atom is -0.337 e. The molecule has 1 amide bonds. The molecule has 0 saturated carbocycles. The number of carbonyl (C=O) groups is 1. The summed E-state index contributed by atoms with van der Waals surface area (Å²) in [5.41, 5.74) is -1.16. The maximum atomic E-state index is 13.7. The molecular weight excluding hydrogens is 388 g/mol. The van der Waals surface area contributed by atoms with E-state index in [0.717, 1.165) is 48.4 Å². The van der Waals surface area contributed by atoms with Crippen LogP contribution < -0.4 is 0 Å². The average Bonchev–Trinajstić information content (AvgIpc) is 2.92. The highest BCUT2D eigenvalue weighted by Crippen LogP contribution is 2.34. The second-order valence-corrected chi connectivity index (χ2v) is 7.05. The minimum absolute atomic E-state index is 0.0102. The predicted octanol–water partition coefficient (Wildman–Crippen LogP) is 4.57. The summed E-state index contributed by atoms with van der Waals surface area (Å²) in [5.74, 6) is -0.896. The van der Waals surface area contributed by atoms with E-state index in [1.54, 1.807) is 4.90 Å². The maximum absolute atomic E-state index is 13.7. The molecule has 5 nitrogen and oxygen atoms in total. The van der Waals surface area contributed by atoms with Crippen molar-refractivity contribution in [3.8, 4) is 11.3 Å². The number of aromatic nitrogens is 3. The van der Waals surface area contributed by atoms with E-state index in [1.165, 1.54) is 18.3 Å². The van der Waals surface area contributed by atoms with Crippen molar-refractivity contribution in [3.05, 3.63) is 53.6 Å². The third kappa shape index (κ3) is 3.94. The van der Waals surface area contributed by atoms with Crippen LogP contribution in [0.3, 0.4) is 0 Å². The summed E-state index contributed by atoms with van der Waals surface area (Å²) in [6, 6.07) is 5.87. The van der Waals surface area contributed by atoms with Crippen molar-refractivity contribution in [1.82, 2.24) is 19.5 Å². The van der Waals surface area contributed by atoms with Crippen molar-refractivity contribution in [3.63, 3.8) is 0 Å². The lowest BCUT2D eigenvalue weighted by Crippen LogP contribution is -2.32. The number of carbonyl (C=O) groups excluding carboxylic acids is 1. The van der Waals surface area contributed by atoms with Gasteiger partial charge in [0.2, 0.25) is 0 Å². The summed E-state index contributed by atoms with van der Waals surface area (Å²) in [7, 11) is 0. The molecule has 0 bridgehead atoms. The normalized spacial score (nSPS) is 15.5. The fourth-order valence-corrected chi connectivity index (χ4v) is 3.49. The first-order valence-corrected chi connectivity index (χ1v) is 9.36. The fourth-order valence-electron chi connectivity index (χ4n) is 3.49. The van der Waals surface area contributed by atoms with Crippen molar-refractivity contribution in [2.45, 2.75) is 31.9 Å². The number of likely N-dealkylation sites (tertiary alicyclic amines) is 1. The number of halogens is 4. The summed E-state index contributed by atoms with van der Waals surface area (Å²) in [4.78, 5) is 18.4. The average molecular weight is 406 g/mol. The molecule has 0 aliphatic carbocycles. The van der Waals surface area contributed by atoms with Gasteiger partial charge < -0.3 is 4.90 Å². The van der Waals surface area contributed by atoms with Crippen molar-refractivity contribution in [2.24, 2.45) is 0 Å². The van der Waals surface area contributed by atoms with Crippen LogP contribution in [0.25, 0.3) is 16.9 Å². The third-order valence-corrected chi connectivity index (χ3v) is 4.98. The molecule has 1 aromatic carbocycles. The Labute approximate surface area is 164 Å². The number of imidazole rings is 1. The largest absolute Gasteiger partial charge is 0.420 e. The lowest BCUT2D eigenvalue weighted by Gasteiger charge is -2.18. The lowest BCUT2D eigenvalue weighted by atomic mass is 10.1. The highest BCUT2D eigenvalue weighted by Gasteiger charge is 2.36. The topological polar surface area (TPSA) is 50.5 Å². The Kier molecular flexibility index (Phi) is 4.97. The van der Waals surface area contributed by atoms with E-state index in [4.69, 9.17) is 0 Å². The van der Waals surface area contributed by atoms with Crippen LogP contribution in [0.2, 0.25) is 0 Å². The molecule has 0 atom stereocenters. The van der Waals surface area contributed by atoms with Crippen molar-refractivity contribution < 1.29 is 22.4 Å². The number of fused-ring (bicyclic) bond motifs is 1. The lowest BCUT2D eigenvalue weighted by molar-refractivity contribution is -0.136. The van der Waals surface area contributed by atoms with Gasteiger partial charge in [0.25, 0.3) is 5.91 Å². The van der Waals surface area contributed by atoms with E-state index in [1.807, 2.05) is 0 Å². The van der Waals surface area contributed by atoms with Gasteiger partial charge in [-0.15, -0.1) is 0 Å². The first-order chi connectivity index (χ1) is 13.8. The maximum Gasteiger partial charge on any atom is 0.420 e.